The van der Waals surface area contributed by atoms with E-state index in [1.165, 1.54) is 0 Å². The number of aromatic amines is 1. The fourth-order valence-electron chi connectivity index (χ4n) is 1.45. The van der Waals surface area contributed by atoms with Crippen molar-refractivity contribution in [1.29, 1.82) is 0 Å². The molecule has 0 unspecified atom stereocenters. The van der Waals surface area contributed by atoms with Gasteiger partial charge in [0.2, 0.25) is 0 Å². The molecule has 84 valence electrons. The van der Waals surface area contributed by atoms with Crippen molar-refractivity contribution in [2.75, 3.05) is 5.32 Å². The van der Waals surface area contributed by atoms with E-state index in [9.17, 15) is 0 Å². The molecule has 0 bridgehead atoms. The van der Waals surface area contributed by atoms with Crippen LogP contribution in [0.3, 0.4) is 0 Å². The normalized spacial score (nSPS) is 10.4. The zero-order chi connectivity index (χ0) is 11.5. The first-order valence-electron chi connectivity index (χ1n) is 4.98. The summed E-state index contributed by atoms with van der Waals surface area (Å²) in [6.45, 7) is 2.74. The van der Waals surface area contributed by atoms with Crippen molar-refractivity contribution in [3.63, 3.8) is 0 Å². The van der Waals surface area contributed by atoms with Crippen LogP contribution < -0.4 is 5.32 Å². The molecule has 0 fully saturated rings. The molecule has 2 rings (SSSR count). The van der Waals surface area contributed by atoms with Gasteiger partial charge in [0.1, 0.15) is 0 Å². The van der Waals surface area contributed by atoms with Gasteiger partial charge in [-0.1, -0.05) is 11.6 Å². The van der Waals surface area contributed by atoms with E-state index < -0.39 is 0 Å². The Morgan fingerprint density at radius 2 is 2.25 bits per heavy atom. The molecule has 0 radical (unpaired) electrons. The van der Waals surface area contributed by atoms with Crippen molar-refractivity contribution in [1.82, 2.24) is 4.98 Å². The lowest BCUT2D eigenvalue weighted by Gasteiger charge is -2.09. The Labute approximate surface area is 108 Å². The van der Waals surface area contributed by atoms with Gasteiger partial charge in [0.25, 0.3) is 0 Å². The number of anilines is 1. The Morgan fingerprint density at radius 3 is 2.94 bits per heavy atom. The van der Waals surface area contributed by atoms with Crippen molar-refractivity contribution in [3.05, 3.63) is 51.2 Å². The number of hydrogen-bond donors (Lipinski definition) is 2. The number of benzene rings is 1. The van der Waals surface area contributed by atoms with Crippen LogP contribution in [0.25, 0.3) is 0 Å². The molecular formula is C12H12BrClN2. The van der Waals surface area contributed by atoms with Crippen LogP contribution >= 0.6 is 27.5 Å². The number of aryl methyl sites for hydroxylation is 1. The largest absolute Gasteiger partial charge is 0.379 e. The highest BCUT2D eigenvalue weighted by atomic mass is 79.9. The smallest absolute Gasteiger partial charge is 0.0551 e. The standard InChI is InChI=1S/C12H12BrClN2/c1-8-5-10(13)12(6-11(8)14)16-7-9-3-2-4-15-9/h2-6,15-16H,7H2,1H3. The van der Waals surface area contributed by atoms with E-state index in [4.69, 9.17) is 11.6 Å². The number of nitrogens with one attached hydrogen (secondary N) is 2. The summed E-state index contributed by atoms with van der Waals surface area (Å²) in [4.78, 5) is 3.14. The number of hydrogen-bond acceptors (Lipinski definition) is 1. The molecule has 1 aromatic carbocycles. The molecule has 2 aromatic rings. The van der Waals surface area contributed by atoms with Crippen molar-refractivity contribution >= 4 is 33.2 Å². The monoisotopic (exact) mass is 298 g/mol. The molecule has 0 atom stereocenters. The van der Waals surface area contributed by atoms with Crippen LogP contribution in [-0.2, 0) is 6.54 Å². The maximum atomic E-state index is 6.08. The van der Waals surface area contributed by atoms with Crippen molar-refractivity contribution in [2.24, 2.45) is 0 Å². The van der Waals surface area contributed by atoms with Crippen LogP contribution in [0, 0.1) is 6.92 Å². The lowest BCUT2D eigenvalue weighted by molar-refractivity contribution is 1.07. The Hall–Kier alpha value is -0.930. The maximum absolute atomic E-state index is 6.08. The van der Waals surface area contributed by atoms with E-state index in [0.29, 0.717) is 0 Å². The SMILES string of the molecule is Cc1cc(Br)c(NCc2ccc[nH]2)cc1Cl. The second-order valence-electron chi connectivity index (χ2n) is 3.63. The first kappa shape index (κ1) is 11.6. The summed E-state index contributed by atoms with van der Waals surface area (Å²) in [5, 5.41) is 4.10. The van der Waals surface area contributed by atoms with E-state index in [2.05, 4.69) is 26.2 Å². The Kier molecular flexibility index (Phi) is 3.56. The van der Waals surface area contributed by atoms with E-state index >= 15 is 0 Å². The van der Waals surface area contributed by atoms with Crippen molar-refractivity contribution in [2.45, 2.75) is 13.5 Å². The van der Waals surface area contributed by atoms with Crippen LogP contribution in [0.2, 0.25) is 5.02 Å². The minimum atomic E-state index is 0.755. The third-order valence-electron chi connectivity index (χ3n) is 2.38. The minimum absolute atomic E-state index is 0.755. The molecule has 0 amide bonds. The third kappa shape index (κ3) is 2.60. The van der Waals surface area contributed by atoms with Gasteiger partial charge in [-0.3, -0.25) is 0 Å². The summed E-state index contributed by atoms with van der Waals surface area (Å²) in [5.74, 6) is 0. The third-order valence-corrected chi connectivity index (χ3v) is 3.44. The van der Waals surface area contributed by atoms with Crippen LogP contribution in [0.1, 0.15) is 11.3 Å². The summed E-state index contributed by atoms with van der Waals surface area (Å²) in [7, 11) is 0. The average Bonchev–Trinajstić information content (AvgIpc) is 2.74. The topological polar surface area (TPSA) is 27.8 Å². The highest BCUT2D eigenvalue weighted by Crippen LogP contribution is 2.29. The zero-order valence-corrected chi connectivity index (χ0v) is 11.2. The van der Waals surface area contributed by atoms with Gasteiger partial charge in [-0.15, -0.1) is 0 Å². The van der Waals surface area contributed by atoms with Crippen LogP contribution in [0.5, 0.6) is 0 Å². The van der Waals surface area contributed by atoms with Gasteiger partial charge in [-0.25, -0.2) is 0 Å². The molecule has 4 heteroatoms. The first-order valence-corrected chi connectivity index (χ1v) is 6.15. The second-order valence-corrected chi connectivity index (χ2v) is 4.89. The lowest BCUT2D eigenvalue weighted by atomic mass is 10.2. The second kappa shape index (κ2) is 4.93. The molecule has 0 saturated carbocycles. The summed E-state index contributed by atoms with van der Waals surface area (Å²) >= 11 is 9.59. The molecular weight excluding hydrogens is 288 g/mol. The van der Waals surface area contributed by atoms with Crippen molar-refractivity contribution in [3.8, 4) is 0 Å². The predicted octanol–water partition coefficient (Wildman–Crippen LogP) is 4.35. The summed E-state index contributed by atoms with van der Waals surface area (Å²) < 4.78 is 1.03. The highest BCUT2D eigenvalue weighted by molar-refractivity contribution is 9.10. The summed E-state index contributed by atoms with van der Waals surface area (Å²) in [6.07, 6.45) is 1.91. The average molecular weight is 300 g/mol. The van der Waals surface area contributed by atoms with E-state index in [-0.39, 0.29) is 0 Å². The first-order chi connectivity index (χ1) is 7.66. The van der Waals surface area contributed by atoms with Gasteiger partial charge in [-0.2, -0.15) is 0 Å². The Bertz CT molecular complexity index is 480. The van der Waals surface area contributed by atoms with E-state index in [1.54, 1.807) is 0 Å². The molecule has 2 nitrogen and oxygen atoms in total. The molecule has 1 aromatic heterocycles. The van der Waals surface area contributed by atoms with Crippen molar-refractivity contribution < 1.29 is 0 Å². The quantitative estimate of drug-likeness (QED) is 0.866. The molecule has 0 aliphatic carbocycles. The lowest BCUT2D eigenvalue weighted by Crippen LogP contribution is -2.00. The van der Waals surface area contributed by atoms with Gasteiger partial charge in [0.15, 0.2) is 0 Å². The summed E-state index contributed by atoms with van der Waals surface area (Å²) in [5.41, 5.74) is 3.22. The molecule has 1 heterocycles. The van der Waals surface area contributed by atoms with E-state index in [0.717, 1.165) is 33.0 Å². The van der Waals surface area contributed by atoms with Gasteiger partial charge < -0.3 is 10.3 Å². The number of aromatic nitrogens is 1. The predicted molar refractivity (Wildman–Crippen MR) is 72.0 cm³/mol. The molecule has 16 heavy (non-hydrogen) atoms. The van der Waals surface area contributed by atoms with Crippen LogP contribution in [0.4, 0.5) is 5.69 Å². The fraction of sp³-hybridized carbons (Fsp3) is 0.167. The number of halogens is 2. The highest BCUT2D eigenvalue weighted by Gasteiger charge is 2.04. The van der Waals surface area contributed by atoms with Gasteiger partial charge >= 0.3 is 0 Å². The number of rotatable bonds is 3. The number of H-pyrrole nitrogens is 1. The Morgan fingerprint density at radius 1 is 1.44 bits per heavy atom. The molecule has 0 aliphatic heterocycles. The zero-order valence-electron chi connectivity index (χ0n) is 8.85. The maximum Gasteiger partial charge on any atom is 0.0551 e. The molecule has 0 spiro atoms. The molecule has 2 N–H and O–H groups in total. The van der Waals surface area contributed by atoms with Crippen LogP contribution in [-0.4, -0.2) is 4.98 Å². The van der Waals surface area contributed by atoms with E-state index in [1.807, 2.05) is 37.4 Å². The van der Waals surface area contributed by atoms with Gasteiger partial charge in [0.05, 0.1) is 12.2 Å². The summed E-state index contributed by atoms with van der Waals surface area (Å²) in [6, 6.07) is 7.97. The van der Waals surface area contributed by atoms with Gasteiger partial charge in [0, 0.05) is 21.4 Å². The minimum Gasteiger partial charge on any atom is -0.379 e. The molecule has 0 saturated heterocycles. The van der Waals surface area contributed by atoms with Gasteiger partial charge in [-0.05, 0) is 52.7 Å². The Balaban J connectivity index is 2.12. The fourth-order valence-corrected chi connectivity index (χ4v) is 2.21. The molecule has 0 aliphatic rings. The van der Waals surface area contributed by atoms with Crippen LogP contribution in [0.15, 0.2) is 34.9 Å².